The fraction of sp³-hybridized carbons (Fsp3) is 0.389. The zero-order chi connectivity index (χ0) is 19.3. The van der Waals surface area contributed by atoms with Gasteiger partial charge in [-0.15, -0.1) is 0 Å². The van der Waals surface area contributed by atoms with Crippen LogP contribution in [-0.4, -0.2) is 60.8 Å². The Bertz CT molecular complexity index is 889. The van der Waals surface area contributed by atoms with E-state index in [-0.39, 0.29) is 16.8 Å². The molecule has 0 aliphatic carbocycles. The summed E-state index contributed by atoms with van der Waals surface area (Å²) >= 11 is 0. The van der Waals surface area contributed by atoms with E-state index >= 15 is 0 Å². The first-order valence-electron chi connectivity index (χ1n) is 8.83. The van der Waals surface area contributed by atoms with Gasteiger partial charge in [-0.25, -0.2) is 8.42 Å². The van der Waals surface area contributed by atoms with E-state index in [2.05, 4.69) is 20.6 Å². The van der Waals surface area contributed by atoms with Gasteiger partial charge in [0, 0.05) is 62.8 Å². The lowest BCUT2D eigenvalue weighted by Gasteiger charge is -2.31. The van der Waals surface area contributed by atoms with Crippen molar-refractivity contribution in [2.24, 2.45) is 0 Å². The highest BCUT2D eigenvalue weighted by Gasteiger charge is 2.28. The lowest BCUT2D eigenvalue weighted by Crippen LogP contribution is -2.51. The first kappa shape index (κ1) is 19.4. The zero-order valence-corrected chi connectivity index (χ0v) is 15.9. The highest BCUT2D eigenvalue weighted by molar-refractivity contribution is 7.89. The Balaban J connectivity index is 1.66. The summed E-state index contributed by atoms with van der Waals surface area (Å²) in [6, 6.07) is 6.26. The number of rotatable bonds is 6. The van der Waals surface area contributed by atoms with E-state index in [1.54, 1.807) is 30.7 Å². The Labute approximate surface area is 159 Å². The highest BCUT2D eigenvalue weighted by atomic mass is 32.2. The van der Waals surface area contributed by atoms with Crippen molar-refractivity contribution in [1.82, 2.24) is 24.9 Å². The van der Waals surface area contributed by atoms with Crippen molar-refractivity contribution in [2.45, 2.75) is 24.3 Å². The van der Waals surface area contributed by atoms with Crippen LogP contribution in [0.15, 0.2) is 47.8 Å². The molecule has 1 aromatic heterocycles. The largest absolute Gasteiger partial charge is 0.352 e. The first-order valence-corrected chi connectivity index (χ1v) is 10.3. The average molecular weight is 389 g/mol. The lowest BCUT2D eigenvalue weighted by atomic mass is 10.2. The summed E-state index contributed by atoms with van der Waals surface area (Å²) < 4.78 is 27.2. The predicted molar refractivity (Wildman–Crippen MR) is 101 cm³/mol. The Morgan fingerprint density at radius 3 is 2.96 bits per heavy atom. The van der Waals surface area contributed by atoms with Crippen molar-refractivity contribution >= 4 is 15.9 Å². The van der Waals surface area contributed by atoms with Crippen molar-refractivity contribution in [2.75, 3.05) is 26.2 Å². The molecule has 27 heavy (non-hydrogen) atoms. The fourth-order valence-corrected chi connectivity index (χ4v) is 4.50. The normalized spacial score (nSPS) is 18.2. The molecule has 0 radical (unpaired) electrons. The number of carbonyl (C=O) groups excluding carboxylic acids is 1. The molecule has 1 amide bonds. The van der Waals surface area contributed by atoms with Crippen LogP contribution in [0.2, 0.25) is 0 Å². The second kappa shape index (κ2) is 8.55. The van der Waals surface area contributed by atoms with E-state index in [9.17, 15) is 13.2 Å². The molecule has 9 heteroatoms. The molecule has 3 rings (SSSR count). The van der Waals surface area contributed by atoms with Crippen LogP contribution >= 0.6 is 0 Å². The van der Waals surface area contributed by atoms with Crippen molar-refractivity contribution in [3.05, 3.63) is 54.1 Å². The third kappa shape index (κ3) is 4.88. The smallest absolute Gasteiger partial charge is 0.251 e. The molecule has 1 fully saturated rings. The molecule has 144 valence electrons. The minimum atomic E-state index is -3.62. The Hall–Kier alpha value is -2.36. The number of hydrogen-bond acceptors (Lipinski definition) is 6. The molecule has 1 aromatic carbocycles. The summed E-state index contributed by atoms with van der Waals surface area (Å²) in [6.45, 7) is 3.79. The van der Waals surface area contributed by atoms with Crippen LogP contribution < -0.4 is 10.6 Å². The summed E-state index contributed by atoms with van der Waals surface area (Å²) in [4.78, 5) is 20.6. The molecule has 0 unspecified atom stereocenters. The number of sulfonamides is 1. The van der Waals surface area contributed by atoms with E-state index in [1.807, 2.05) is 6.92 Å². The Morgan fingerprint density at radius 2 is 2.22 bits per heavy atom. The number of piperazine rings is 1. The summed E-state index contributed by atoms with van der Waals surface area (Å²) in [5.74, 6) is -0.315. The standard InChI is InChI=1S/C18H23N5O3S/c1-14-13-23(10-9-20-14)27(25,26)17-4-2-3-15(11-17)18(24)22-6-5-16-12-19-7-8-21-16/h2-4,7-8,11-12,14,20H,5-6,9-10,13H2,1H3,(H,22,24)/t14-/m1/s1. The maximum Gasteiger partial charge on any atom is 0.251 e. The van der Waals surface area contributed by atoms with Gasteiger partial charge >= 0.3 is 0 Å². The third-order valence-corrected chi connectivity index (χ3v) is 6.21. The van der Waals surface area contributed by atoms with Crippen LogP contribution in [-0.2, 0) is 16.4 Å². The van der Waals surface area contributed by atoms with Gasteiger partial charge in [0.15, 0.2) is 0 Å². The van der Waals surface area contributed by atoms with Gasteiger partial charge in [0.25, 0.3) is 5.91 Å². The van der Waals surface area contributed by atoms with Crippen LogP contribution in [0.25, 0.3) is 0 Å². The maximum atomic E-state index is 12.9. The lowest BCUT2D eigenvalue weighted by molar-refractivity contribution is 0.0954. The molecular formula is C18H23N5O3S. The molecule has 0 saturated carbocycles. The van der Waals surface area contributed by atoms with E-state index in [0.29, 0.717) is 38.2 Å². The summed E-state index contributed by atoms with van der Waals surface area (Å²) in [5.41, 5.74) is 1.10. The molecule has 1 aliphatic heterocycles. The molecule has 2 N–H and O–H groups in total. The fourth-order valence-electron chi connectivity index (χ4n) is 2.93. The number of nitrogens with zero attached hydrogens (tertiary/aromatic N) is 3. The molecule has 1 aliphatic rings. The summed E-state index contributed by atoms with van der Waals surface area (Å²) in [5, 5.41) is 6.01. The van der Waals surface area contributed by atoms with Crippen molar-refractivity contribution in [1.29, 1.82) is 0 Å². The van der Waals surface area contributed by atoms with Crippen molar-refractivity contribution in [3.63, 3.8) is 0 Å². The van der Waals surface area contributed by atoms with Crippen LogP contribution in [0.3, 0.4) is 0 Å². The van der Waals surface area contributed by atoms with E-state index in [0.717, 1.165) is 5.69 Å². The highest BCUT2D eigenvalue weighted by Crippen LogP contribution is 2.18. The van der Waals surface area contributed by atoms with Crippen molar-refractivity contribution < 1.29 is 13.2 Å². The predicted octanol–water partition coefficient (Wildman–Crippen LogP) is 0.432. The number of benzene rings is 1. The molecule has 1 saturated heterocycles. The summed E-state index contributed by atoms with van der Waals surface area (Å²) in [6.07, 6.45) is 5.39. The van der Waals surface area contributed by atoms with E-state index in [1.165, 1.54) is 16.4 Å². The molecule has 2 heterocycles. The van der Waals surface area contributed by atoms with Gasteiger partial charge < -0.3 is 10.6 Å². The SMILES string of the molecule is C[C@@H]1CN(S(=O)(=O)c2cccc(C(=O)NCCc3cnccn3)c2)CCN1. The average Bonchev–Trinajstić information content (AvgIpc) is 2.69. The Morgan fingerprint density at radius 1 is 1.37 bits per heavy atom. The first-order chi connectivity index (χ1) is 13.0. The third-order valence-electron chi connectivity index (χ3n) is 4.35. The van der Waals surface area contributed by atoms with Crippen LogP contribution in [0.4, 0.5) is 0 Å². The quantitative estimate of drug-likeness (QED) is 0.743. The van der Waals surface area contributed by atoms with E-state index < -0.39 is 10.0 Å². The van der Waals surface area contributed by atoms with Crippen LogP contribution in [0.1, 0.15) is 23.0 Å². The zero-order valence-electron chi connectivity index (χ0n) is 15.1. The topological polar surface area (TPSA) is 104 Å². The maximum absolute atomic E-state index is 12.9. The minimum absolute atomic E-state index is 0.0982. The monoisotopic (exact) mass is 389 g/mol. The molecule has 0 bridgehead atoms. The van der Waals surface area contributed by atoms with Gasteiger partial charge in [-0.3, -0.25) is 14.8 Å². The number of aromatic nitrogens is 2. The summed E-state index contributed by atoms with van der Waals surface area (Å²) in [7, 11) is -3.62. The molecule has 1 atom stereocenters. The molecular weight excluding hydrogens is 366 g/mol. The number of hydrogen-bond donors (Lipinski definition) is 2. The molecule has 0 spiro atoms. The van der Waals surface area contributed by atoms with Crippen LogP contribution in [0.5, 0.6) is 0 Å². The molecule has 2 aromatic rings. The second-order valence-corrected chi connectivity index (χ2v) is 8.39. The minimum Gasteiger partial charge on any atom is -0.352 e. The van der Waals surface area contributed by atoms with Gasteiger partial charge in [0.05, 0.1) is 10.6 Å². The van der Waals surface area contributed by atoms with Gasteiger partial charge in [0.1, 0.15) is 0 Å². The van der Waals surface area contributed by atoms with Gasteiger partial charge in [-0.05, 0) is 25.1 Å². The van der Waals surface area contributed by atoms with E-state index in [4.69, 9.17) is 0 Å². The number of nitrogens with one attached hydrogen (secondary N) is 2. The van der Waals surface area contributed by atoms with Gasteiger partial charge in [0.2, 0.25) is 10.0 Å². The Kier molecular flexibility index (Phi) is 6.15. The second-order valence-electron chi connectivity index (χ2n) is 6.45. The molecule has 8 nitrogen and oxygen atoms in total. The number of amides is 1. The van der Waals surface area contributed by atoms with Crippen LogP contribution in [0, 0.1) is 0 Å². The number of carbonyl (C=O) groups is 1. The van der Waals surface area contributed by atoms with Gasteiger partial charge in [-0.1, -0.05) is 6.07 Å². The van der Waals surface area contributed by atoms with Crippen molar-refractivity contribution in [3.8, 4) is 0 Å². The van der Waals surface area contributed by atoms with Gasteiger partial charge in [-0.2, -0.15) is 4.31 Å².